The van der Waals surface area contributed by atoms with Gasteiger partial charge in [-0.15, -0.1) is 0 Å². The molecule has 1 aliphatic rings. The van der Waals surface area contributed by atoms with Gasteiger partial charge < -0.3 is 20.4 Å². The van der Waals surface area contributed by atoms with Gasteiger partial charge in [0, 0.05) is 38.3 Å². The first-order chi connectivity index (χ1) is 9.10. The highest BCUT2D eigenvalue weighted by molar-refractivity contribution is 5.42. The number of anilines is 1. The predicted octanol–water partition coefficient (Wildman–Crippen LogP) is -0.0855. The molecule has 0 unspecified atom stereocenters. The largest absolute Gasteiger partial charge is 0.394 e. The van der Waals surface area contributed by atoms with Gasteiger partial charge >= 0.3 is 0 Å². The summed E-state index contributed by atoms with van der Waals surface area (Å²) >= 11 is 0. The number of aliphatic hydroxyl groups excluding tert-OH is 2. The quantitative estimate of drug-likeness (QED) is 0.713. The summed E-state index contributed by atoms with van der Waals surface area (Å²) in [5.74, 6) is -0.0210. The average molecular weight is 269 g/mol. The Morgan fingerprint density at radius 1 is 1.63 bits per heavy atom. The minimum Gasteiger partial charge on any atom is -0.394 e. The Hall–Kier alpha value is -1.24. The van der Waals surface area contributed by atoms with E-state index in [-0.39, 0.29) is 18.8 Å². The molecule has 2 atom stereocenters. The standard InChI is InChI=1S/C13H20FN3O2/c1-9-7-17(3-2-15-9)13-12(14)5-10(6-16-13)4-11(19)8-18/h5-6,9,11,15,18-19H,2-4,7-8H2,1H3/t9-,11-/m1/s1. The second-order valence-corrected chi connectivity index (χ2v) is 4.99. The molecule has 1 aliphatic heterocycles. The molecule has 106 valence electrons. The van der Waals surface area contributed by atoms with Crippen LogP contribution < -0.4 is 10.2 Å². The van der Waals surface area contributed by atoms with E-state index in [4.69, 9.17) is 5.11 Å². The van der Waals surface area contributed by atoms with E-state index >= 15 is 0 Å². The second-order valence-electron chi connectivity index (χ2n) is 4.99. The third kappa shape index (κ3) is 3.62. The van der Waals surface area contributed by atoms with E-state index in [2.05, 4.69) is 17.2 Å². The minimum absolute atomic E-state index is 0.207. The van der Waals surface area contributed by atoms with Gasteiger partial charge in [-0.25, -0.2) is 9.37 Å². The van der Waals surface area contributed by atoms with Crippen LogP contribution in [0.25, 0.3) is 0 Å². The molecule has 2 rings (SSSR count). The fourth-order valence-electron chi connectivity index (χ4n) is 2.28. The van der Waals surface area contributed by atoms with Crippen LogP contribution in [0.4, 0.5) is 10.2 Å². The Labute approximate surface area is 112 Å². The summed E-state index contributed by atoms with van der Waals surface area (Å²) in [6.45, 7) is 3.98. The molecule has 6 heteroatoms. The first-order valence-corrected chi connectivity index (χ1v) is 6.52. The van der Waals surface area contributed by atoms with Crippen LogP contribution in [0.2, 0.25) is 0 Å². The lowest BCUT2D eigenvalue weighted by Crippen LogP contribution is -2.49. The van der Waals surface area contributed by atoms with Crippen molar-refractivity contribution >= 4 is 5.82 Å². The summed E-state index contributed by atoms with van der Waals surface area (Å²) in [6, 6.07) is 1.69. The zero-order valence-electron chi connectivity index (χ0n) is 11.0. The van der Waals surface area contributed by atoms with Crippen molar-refractivity contribution in [1.82, 2.24) is 10.3 Å². The molecule has 1 fully saturated rings. The molecule has 0 saturated carbocycles. The molecule has 1 saturated heterocycles. The molecule has 0 radical (unpaired) electrons. The predicted molar refractivity (Wildman–Crippen MR) is 70.7 cm³/mol. The number of aliphatic hydroxyl groups is 2. The molecule has 3 N–H and O–H groups in total. The topological polar surface area (TPSA) is 68.6 Å². The molecular weight excluding hydrogens is 249 g/mol. The maximum absolute atomic E-state index is 14.0. The van der Waals surface area contributed by atoms with E-state index in [0.29, 0.717) is 17.4 Å². The fourth-order valence-corrected chi connectivity index (χ4v) is 2.28. The molecule has 0 aromatic carbocycles. The van der Waals surface area contributed by atoms with Gasteiger partial charge in [0.1, 0.15) is 0 Å². The van der Waals surface area contributed by atoms with Gasteiger partial charge in [-0.2, -0.15) is 0 Å². The summed E-state index contributed by atoms with van der Waals surface area (Å²) < 4.78 is 14.0. The maximum Gasteiger partial charge on any atom is 0.165 e. The zero-order chi connectivity index (χ0) is 13.8. The van der Waals surface area contributed by atoms with Gasteiger partial charge in [-0.05, 0) is 18.6 Å². The first-order valence-electron chi connectivity index (χ1n) is 6.52. The van der Waals surface area contributed by atoms with Crippen LogP contribution >= 0.6 is 0 Å². The smallest absolute Gasteiger partial charge is 0.165 e. The van der Waals surface area contributed by atoms with Gasteiger partial charge in [-0.3, -0.25) is 0 Å². The van der Waals surface area contributed by atoms with Crippen LogP contribution in [-0.2, 0) is 6.42 Å². The summed E-state index contributed by atoms with van der Waals surface area (Å²) in [6.07, 6.45) is 0.897. The lowest BCUT2D eigenvalue weighted by atomic mass is 10.1. The number of nitrogens with one attached hydrogen (secondary N) is 1. The molecule has 2 heterocycles. The van der Waals surface area contributed by atoms with Crippen molar-refractivity contribution in [2.75, 3.05) is 31.1 Å². The van der Waals surface area contributed by atoms with E-state index < -0.39 is 6.10 Å². The van der Waals surface area contributed by atoms with E-state index in [9.17, 15) is 9.50 Å². The van der Waals surface area contributed by atoms with E-state index in [0.717, 1.165) is 19.6 Å². The monoisotopic (exact) mass is 269 g/mol. The Morgan fingerprint density at radius 2 is 2.42 bits per heavy atom. The van der Waals surface area contributed by atoms with Crippen molar-refractivity contribution in [3.8, 4) is 0 Å². The van der Waals surface area contributed by atoms with Gasteiger partial charge in [0.05, 0.1) is 12.7 Å². The van der Waals surface area contributed by atoms with Crippen molar-refractivity contribution < 1.29 is 14.6 Å². The van der Waals surface area contributed by atoms with Crippen molar-refractivity contribution in [1.29, 1.82) is 0 Å². The fraction of sp³-hybridized carbons (Fsp3) is 0.615. The summed E-state index contributed by atoms with van der Waals surface area (Å²) in [4.78, 5) is 6.07. The third-order valence-electron chi connectivity index (χ3n) is 3.23. The lowest BCUT2D eigenvalue weighted by molar-refractivity contribution is 0.0954. The van der Waals surface area contributed by atoms with Crippen LogP contribution in [-0.4, -0.2) is 53.6 Å². The van der Waals surface area contributed by atoms with E-state index in [1.54, 1.807) is 6.20 Å². The molecule has 19 heavy (non-hydrogen) atoms. The van der Waals surface area contributed by atoms with Crippen LogP contribution in [0.5, 0.6) is 0 Å². The Morgan fingerprint density at radius 3 is 3.05 bits per heavy atom. The number of piperazine rings is 1. The summed E-state index contributed by atoms with van der Waals surface area (Å²) in [5.41, 5.74) is 0.589. The van der Waals surface area contributed by atoms with Gasteiger partial charge in [0.25, 0.3) is 0 Å². The average Bonchev–Trinajstić information content (AvgIpc) is 2.38. The van der Waals surface area contributed by atoms with Crippen LogP contribution in [0.3, 0.4) is 0 Å². The summed E-state index contributed by atoms with van der Waals surface area (Å²) in [7, 11) is 0. The first kappa shape index (κ1) is 14.2. The second kappa shape index (κ2) is 6.27. The number of rotatable bonds is 4. The molecule has 0 amide bonds. The number of halogens is 1. The molecule has 1 aromatic heterocycles. The Balaban J connectivity index is 2.10. The summed E-state index contributed by atoms with van der Waals surface area (Å²) in [5, 5.41) is 21.4. The van der Waals surface area contributed by atoms with Gasteiger partial charge in [0.15, 0.2) is 11.6 Å². The highest BCUT2D eigenvalue weighted by Crippen LogP contribution is 2.19. The molecule has 5 nitrogen and oxygen atoms in total. The normalized spacial score (nSPS) is 21.5. The van der Waals surface area contributed by atoms with Crippen LogP contribution in [0.15, 0.2) is 12.3 Å². The van der Waals surface area contributed by atoms with Gasteiger partial charge in [0.2, 0.25) is 0 Å². The molecule has 0 spiro atoms. The highest BCUT2D eigenvalue weighted by atomic mass is 19.1. The molecular formula is C13H20FN3O2. The Kier molecular flexibility index (Phi) is 4.68. The number of hydrogen-bond acceptors (Lipinski definition) is 5. The molecule has 0 aliphatic carbocycles. The highest BCUT2D eigenvalue weighted by Gasteiger charge is 2.20. The van der Waals surface area contributed by atoms with Crippen LogP contribution in [0.1, 0.15) is 12.5 Å². The molecule has 1 aromatic rings. The lowest BCUT2D eigenvalue weighted by Gasteiger charge is -2.32. The number of aromatic nitrogens is 1. The number of hydrogen-bond donors (Lipinski definition) is 3. The number of nitrogens with zero attached hydrogens (tertiary/aromatic N) is 2. The SMILES string of the molecule is C[C@@H]1CN(c2ncc(C[C@@H](O)CO)cc2F)CCN1. The minimum atomic E-state index is -0.869. The van der Waals surface area contributed by atoms with Crippen molar-refractivity contribution in [3.63, 3.8) is 0 Å². The van der Waals surface area contributed by atoms with E-state index in [1.165, 1.54) is 6.07 Å². The molecule has 0 bridgehead atoms. The van der Waals surface area contributed by atoms with Crippen molar-refractivity contribution in [2.45, 2.75) is 25.5 Å². The maximum atomic E-state index is 14.0. The zero-order valence-corrected chi connectivity index (χ0v) is 11.0. The third-order valence-corrected chi connectivity index (χ3v) is 3.23. The van der Waals surface area contributed by atoms with Gasteiger partial charge in [-0.1, -0.05) is 0 Å². The number of pyridine rings is 1. The van der Waals surface area contributed by atoms with Crippen LogP contribution in [0, 0.1) is 5.82 Å². The Bertz CT molecular complexity index is 430. The van der Waals surface area contributed by atoms with Crippen molar-refractivity contribution in [2.24, 2.45) is 0 Å². The van der Waals surface area contributed by atoms with E-state index in [1.807, 2.05) is 4.90 Å². The van der Waals surface area contributed by atoms with Crippen molar-refractivity contribution in [3.05, 3.63) is 23.6 Å².